The Bertz CT molecular complexity index is 3790. The Balaban J connectivity index is 1.02. The average molecular weight is 880 g/mol. The molecule has 13 rings (SSSR count). The zero-order valence-electron chi connectivity index (χ0n) is 37.8. The Kier molecular flexibility index (Phi) is 9.77. The van der Waals surface area contributed by atoms with Gasteiger partial charge in [-0.25, -0.2) is 0 Å². The van der Waals surface area contributed by atoms with Crippen LogP contribution in [0.5, 0.6) is 0 Å². The summed E-state index contributed by atoms with van der Waals surface area (Å²) in [6.07, 6.45) is 0. The molecule has 324 valence electrons. The van der Waals surface area contributed by atoms with Crippen molar-refractivity contribution in [3.05, 3.63) is 295 Å². The van der Waals surface area contributed by atoms with Crippen LogP contribution in [-0.4, -0.2) is 0 Å². The van der Waals surface area contributed by atoms with Gasteiger partial charge in [-0.1, -0.05) is 231 Å². The molecule has 69 heavy (non-hydrogen) atoms. The highest BCUT2D eigenvalue weighted by atomic mass is 16.3. The lowest BCUT2D eigenvalue weighted by Crippen LogP contribution is -2.28. The van der Waals surface area contributed by atoms with Gasteiger partial charge in [0.15, 0.2) is 0 Å². The van der Waals surface area contributed by atoms with E-state index >= 15 is 0 Å². The van der Waals surface area contributed by atoms with Crippen LogP contribution < -0.4 is 4.90 Å². The standard InChI is InChI=1S/C67H45NO/c1-4-20-46(21-5-1)47-38-40-48(41-39-47)54-28-11-15-35-62(54)68(63-36-16-12-29-55(63)50-42-43-58-57-30-13-17-37-64(57)69-65(58)45-50)53-27-18-22-49(44-53)56-32-19-34-61-66(56)59-31-10-14-33-60(59)67(61,51-23-6-2-7-24-51)52-25-8-3-9-26-52/h1-45H. The largest absolute Gasteiger partial charge is 0.456 e. The molecule has 2 heteroatoms. The fraction of sp³-hybridized carbons (Fsp3) is 0.0149. The smallest absolute Gasteiger partial charge is 0.136 e. The first-order valence-electron chi connectivity index (χ1n) is 23.7. The highest BCUT2D eigenvalue weighted by Crippen LogP contribution is 2.58. The maximum atomic E-state index is 6.49. The molecule has 0 saturated heterocycles. The lowest BCUT2D eigenvalue weighted by molar-refractivity contribution is 0.669. The predicted octanol–water partition coefficient (Wildman–Crippen LogP) is 18.1. The fourth-order valence-electron chi connectivity index (χ4n) is 11.1. The molecule has 1 aliphatic rings. The second-order valence-electron chi connectivity index (χ2n) is 17.9. The maximum Gasteiger partial charge on any atom is 0.136 e. The van der Waals surface area contributed by atoms with Gasteiger partial charge in [-0.2, -0.15) is 0 Å². The third-order valence-corrected chi connectivity index (χ3v) is 14.2. The summed E-state index contributed by atoms with van der Waals surface area (Å²) in [6.45, 7) is 0. The van der Waals surface area contributed by atoms with Crippen molar-refractivity contribution in [2.75, 3.05) is 4.90 Å². The van der Waals surface area contributed by atoms with Crippen LogP contribution >= 0.6 is 0 Å². The number of hydrogen-bond acceptors (Lipinski definition) is 2. The van der Waals surface area contributed by atoms with Crippen LogP contribution in [0.2, 0.25) is 0 Å². The normalized spacial score (nSPS) is 12.5. The monoisotopic (exact) mass is 879 g/mol. The molecule has 1 aliphatic carbocycles. The van der Waals surface area contributed by atoms with Gasteiger partial charge >= 0.3 is 0 Å². The molecular weight excluding hydrogens is 835 g/mol. The molecule has 0 fully saturated rings. The SMILES string of the molecule is c1ccc(-c2ccc(-c3ccccc3N(c3cccc(-c4cccc5c4-c4ccccc4C5(c4ccccc4)c4ccccc4)c3)c3ccccc3-c3ccc4c(c3)oc3ccccc34)cc2)cc1. The predicted molar refractivity (Wildman–Crippen MR) is 287 cm³/mol. The van der Waals surface area contributed by atoms with Gasteiger partial charge in [0.25, 0.3) is 0 Å². The van der Waals surface area contributed by atoms with Crippen LogP contribution in [0.3, 0.4) is 0 Å². The molecule has 0 spiro atoms. The van der Waals surface area contributed by atoms with Crippen LogP contribution in [0, 0.1) is 0 Å². The summed E-state index contributed by atoms with van der Waals surface area (Å²) in [4.78, 5) is 2.46. The quantitative estimate of drug-likeness (QED) is 0.144. The van der Waals surface area contributed by atoms with Crippen molar-refractivity contribution in [2.45, 2.75) is 5.41 Å². The van der Waals surface area contributed by atoms with Crippen molar-refractivity contribution in [3.8, 4) is 55.6 Å². The fourth-order valence-corrected chi connectivity index (χ4v) is 11.1. The van der Waals surface area contributed by atoms with E-state index in [4.69, 9.17) is 4.42 Å². The Morgan fingerprint density at radius 3 is 1.49 bits per heavy atom. The zero-order chi connectivity index (χ0) is 45.7. The van der Waals surface area contributed by atoms with Crippen LogP contribution in [0.4, 0.5) is 17.1 Å². The number of rotatable bonds is 9. The molecule has 0 N–H and O–H groups in total. The van der Waals surface area contributed by atoms with Crippen LogP contribution in [0.1, 0.15) is 22.3 Å². The molecule has 0 atom stereocenters. The summed E-state index contributed by atoms with van der Waals surface area (Å²) in [5.41, 5.74) is 21.3. The summed E-state index contributed by atoms with van der Waals surface area (Å²) in [6, 6.07) is 99.3. The molecular formula is C67H45NO. The molecule has 0 amide bonds. The highest BCUT2D eigenvalue weighted by molar-refractivity contribution is 6.07. The van der Waals surface area contributed by atoms with Gasteiger partial charge in [0.05, 0.1) is 16.8 Å². The summed E-state index contributed by atoms with van der Waals surface area (Å²) < 4.78 is 6.49. The van der Waals surface area contributed by atoms with E-state index in [1.54, 1.807) is 0 Å². The van der Waals surface area contributed by atoms with E-state index in [1.807, 2.05) is 12.1 Å². The number of hydrogen-bond donors (Lipinski definition) is 0. The number of nitrogens with zero attached hydrogens (tertiary/aromatic N) is 1. The second kappa shape index (κ2) is 16.7. The molecule has 2 nitrogen and oxygen atoms in total. The molecule has 1 heterocycles. The molecule has 1 aromatic heterocycles. The Morgan fingerprint density at radius 1 is 0.290 bits per heavy atom. The molecule has 0 saturated carbocycles. The van der Waals surface area contributed by atoms with Crippen LogP contribution in [0.15, 0.2) is 277 Å². The average Bonchev–Trinajstić information content (AvgIpc) is 3.96. The number of anilines is 3. The molecule has 0 unspecified atom stereocenters. The van der Waals surface area contributed by atoms with E-state index in [1.165, 1.54) is 50.1 Å². The van der Waals surface area contributed by atoms with Crippen molar-refractivity contribution < 1.29 is 4.42 Å². The van der Waals surface area contributed by atoms with Crippen LogP contribution in [0.25, 0.3) is 77.6 Å². The number of furan rings is 1. The Labute approximate surface area is 402 Å². The van der Waals surface area contributed by atoms with Crippen molar-refractivity contribution >= 4 is 39.0 Å². The van der Waals surface area contributed by atoms with E-state index in [0.29, 0.717) is 0 Å². The molecule has 0 radical (unpaired) electrons. The topological polar surface area (TPSA) is 16.4 Å². The van der Waals surface area contributed by atoms with Crippen molar-refractivity contribution in [1.29, 1.82) is 0 Å². The first kappa shape index (κ1) is 40.3. The van der Waals surface area contributed by atoms with E-state index < -0.39 is 5.41 Å². The van der Waals surface area contributed by atoms with Gasteiger partial charge in [0.2, 0.25) is 0 Å². The maximum absolute atomic E-state index is 6.49. The lowest BCUT2D eigenvalue weighted by Gasteiger charge is -2.34. The van der Waals surface area contributed by atoms with E-state index in [2.05, 4.69) is 266 Å². The molecule has 11 aromatic carbocycles. The van der Waals surface area contributed by atoms with Gasteiger partial charge in [-0.3, -0.25) is 0 Å². The summed E-state index contributed by atoms with van der Waals surface area (Å²) in [7, 11) is 0. The zero-order valence-corrected chi connectivity index (χ0v) is 37.8. The molecule has 0 bridgehead atoms. The minimum Gasteiger partial charge on any atom is -0.456 e. The number of benzene rings is 11. The third-order valence-electron chi connectivity index (χ3n) is 14.2. The van der Waals surface area contributed by atoms with Crippen molar-refractivity contribution in [3.63, 3.8) is 0 Å². The van der Waals surface area contributed by atoms with E-state index in [9.17, 15) is 0 Å². The molecule has 12 aromatic rings. The van der Waals surface area contributed by atoms with Crippen LogP contribution in [-0.2, 0) is 5.41 Å². The van der Waals surface area contributed by atoms with Crippen molar-refractivity contribution in [2.24, 2.45) is 0 Å². The number of para-hydroxylation sites is 3. The second-order valence-corrected chi connectivity index (χ2v) is 17.9. The summed E-state index contributed by atoms with van der Waals surface area (Å²) in [5, 5.41) is 2.24. The van der Waals surface area contributed by atoms with Gasteiger partial charge in [0, 0.05) is 27.6 Å². The molecule has 0 aliphatic heterocycles. The van der Waals surface area contributed by atoms with Gasteiger partial charge < -0.3 is 9.32 Å². The van der Waals surface area contributed by atoms with Gasteiger partial charge in [0.1, 0.15) is 11.2 Å². The first-order valence-corrected chi connectivity index (χ1v) is 23.7. The minimum atomic E-state index is -0.497. The Hall–Kier alpha value is -8.98. The lowest BCUT2D eigenvalue weighted by atomic mass is 9.67. The highest BCUT2D eigenvalue weighted by Gasteiger charge is 2.46. The number of fused-ring (bicyclic) bond motifs is 6. The first-order chi connectivity index (χ1) is 34.2. The third kappa shape index (κ3) is 6.64. The summed E-state index contributed by atoms with van der Waals surface area (Å²) >= 11 is 0. The van der Waals surface area contributed by atoms with E-state index in [-0.39, 0.29) is 0 Å². The summed E-state index contributed by atoms with van der Waals surface area (Å²) in [5.74, 6) is 0. The van der Waals surface area contributed by atoms with Gasteiger partial charge in [-0.05, 0) is 109 Å². The van der Waals surface area contributed by atoms with Gasteiger partial charge in [-0.15, -0.1) is 0 Å². The van der Waals surface area contributed by atoms with Crippen molar-refractivity contribution in [1.82, 2.24) is 0 Å². The van der Waals surface area contributed by atoms with E-state index in [0.717, 1.165) is 66.8 Å². The Morgan fingerprint density at radius 2 is 0.768 bits per heavy atom. The minimum absolute atomic E-state index is 0.497.